The van der Waals surface area contributed by atoms with E-state index in [0.29, 0.717) is 18.9 Å². The number of carbonyl (C=O) groups excluding carboxylic acids is 1. The minimum absolute atomic E-state index is 0.221. The summed E-state index contributed by atoms with van der Waals surface area (Å²) >= 11 is 0. The van der Waals surface area contributed by atoms with Crippen molar-refractivity contribution >= 4 is 5.91 Å². The predicted octanol–water partition coefficient (Wildman–Crippen LogP) is 1.32. The average Bonchev–Trinajstić information content (AvgIpc) is 3.16. The van der Waals surface area contributed by atoms with Gasteiger partial charge in [-0.15, -0.1) is 0 Å². The van der Waals surface area contributed by atoms with Gasteiger partial charge in [0.15, 0.2) is 0 Å². The largest absolute Gasteiger partial charge is 0.342 e. The Morgan fingerprint density at radius 3 is 3.15 bits per heavy atom. The van der Waals surface area contributed by atoms with E-state index in [-0.39, 0.29) is 5.91 Å². The topological polar surface area (TPSA) is 66.8 Å². The van der Waals surface area contributed by atoms with E-state index in [0.717, 1.165) is 19.5 Å². The monoisotopic (exact) mass is 273 g/mol. The molecule has 0 spiro atoms. The number of hydrogen-bond acceptors (Lipinski definition) is 3. The van der Waals surface area contributed by atoms with Gasteiger partial charge in [-0.05, 0) is 18.9 Å². The maximum absolute atomic E-state index is 12.2. The van der Waals surface area contributed by atoms with E-state index in [1.165, 1.54) is 11.3 Å². The van der Waals surface area contributed by atoms with Crippen molar-refractivity contribution in [1.82, 2.24) is 24.6 Å². The molecule has 1 aliphatic rings. The fourth-order valence-electron chi connectivity index (χ4n) is 2.79. The molecule has 20 heavy (non-hydrogen) atoms. The molecule has 1 unspecified atom stereocenters. The summed E-state index contributed by atoms with van der Waals surface area (Å²) in [7, 11) is 0. The van der Waals surface area contributed by atoms with Gasteiger partial charge >= 0.3 is 0 Å². The molecule has 6 nitrogen and oxygen atoms in total. The minimum atomic E-state index is 0.221. The SMILES string of the molecule is Cc1cn[nH]c1C1CCN(C(=O)CCn2ccnc2)C1. The van der Waals surface area contributed by atoms with Crippen LogP contribution in [0.5, 0.6) is 0 Å². The lowest BCUT2D eigenvalue weighted by molar-refractivity contribution is -0.130. The highest BCUT2D eigenvalue weighted by Gasteiger charge is 2.28. The summed E-state index contributed by atoms with van der Waals surface area (Å²) in [6, 6.07) is 0. The normalized spacial score (nSPS) is 18.6. The lowest BCUT2D eigenvalue weighted by atomic mass is 10.0. The first-order valence-electron chi connectivity index (χ1n) is 6.97. The molecule has 0 bridgehead atoms. The third kappa shape index (κ3) is 2.59. The molecule has 0 aliphatic carbocycles. The van der Waals surface area contributed by atoms with Crippen LogP contribution < -0.4 is 0 Å². The van der Waals surface area contributed by atoms with Crippen molar-refractivity contribution < 1.29 is 4.79 Å². The number of likely N-dealkylation sites (tertiary alicyclic amines) is 1. The molecule has 0 saturated carbocycles. The zero-order valence-corrected chi connectivity index (χ0v) is 11.6. The number of amides is 1. The van der Waals surface area contributed by atoms with Gasteiger partial charge in [-0.1, -0.05) is 0 Å². The number of aromatic nitrogens is 4. The number of imidazole rings is 1. The molecule has 1 saturated heterocycles. The van der Waals surface area contributed by atoms with Crippen LogP contribution in [0.2, 0.25) is 0 Å². The van der Waals surface area contributed by atoms with Crippen molar-refractivity contribution in [2.75, 3.05) is 13.1 Å². The number of aryl methyl sites for hydroxylation is 2. The first kappa shape index (κ1) is 12.9. The van der Waals surface area contributed by atoms with Gasteiger partial charge in [-0.2, -0.15) is 5.10 Å². The van der Waals surface area contributed by atoms with Gasteiger partial charge in [0, 0.05) is 50.1 Å². The van der Waals surface area contributed by atoms with Gasteiger partial charge in [-0.3, -0.25) is 9.89 Å². The van der Waals surface area contributed by atoms with Crippen LogP contribution in [0.4, 0.5) is 0 Å². The second-order valence-corrected chi connectivity index (χ2v) is 5.34. The number of carbonyl (C=O) groups is 1. The summed E-state index contributed by atoms with van der Waals surface area (Å²) < 4.78 is 1.94. The predicted molar refractivity (Wildman–Crippen MR) is 74.1 cm³/mol. The van der Waals surface area contributed by atoms with Crippen LogP contribution in [0.3, 0.4) is 0 Å². The van der Waals surface area contributed by atoms with Crippen LogP contribution in [0.25, 0.3) is 0 Å². The highest BCUT2D eigenvalue weighted by atomic mass is 16.2. The Bertz CT molecular complexity index is 574. The van der Waals surface area contributed by atoms with Crippen LogP contribution >= 0.6 is 0 Å². The Morgan fingerprint density at radius 2 is 2.45 bits per heavy atom. The Morgan fingerprint density at radius 1 is 1.55 bits per heavy atom. The molecular formula is C14H19N5O. The molecule has 0 radical (unpaired) electrons. The maximum atomic E-state index is 12.2. The zero-order valence-electron chi connectivity index (χ0n) is 11.6. The van der Waals surface area contributed by atoms with Gasteiger partial charge in [-0.25, -0.2) is 4.98 Å². The Kier molecular flexibility index (Phi) is 3.54. The molecule has 0 aromatic carbocycles. The second-order valence-electron chi connectivity index (χ2n) is 5.34. The van der Waals surface area contributed by atoms with Crippen LogP contribution in [0, 0.1) is 6.92 Å². The summed E-state index contributed by atoms with van der Waals surface area (Å²) in [5.41, 5.74) is 2.36. The maximum Gasteiger partial charge on any atom is 0.224 e. The molecule has 6 heteroatoms. The third-order valence-electron chi connectivity index (χ3n) is 3.96. The first-order chi connectivity index (χ1) is 9.74. The third-order valence-corrected chi connectivity index (χ3v) is 3.96. The van der Waals surface area contributed by atoms with Crippen molar-refractivity contribution in [2.45, 2.75) is 32.2 Å². The molecule has 2 aromatic heterocycles. The van der Waals surface area contributed by atoms with Crippen LogP contribution in [0.1, 0.15) is 30.0 Å². The van der Waals surface area contributed by atoms with Gasteiger partial charge in [0.05, 0.1) is 12.5 Å². The highest BCUT2D eigenvalue weighted by Crippen LogP contribution is 2.27. The van der Waals surface area contributed by atoms with Crippen molar-refractivity contribution in [1.29, 1.82) is 0 Å². The molecule has 1 N–H and O–H groups in total. The Balaban J connectivity index is 1.54. The zero-order chi connectivity index (χ0) is 13.9. The minimum Gasteiger partial charge on any atom is -0.342 e. The number of rotatable bonds is 4. The lowest BCUT2D eigenvalue weighted by Gasteiger charge is -2.16. The van der Waals surface area contributed by atoms with Gasteiger partial charge in [0.1, 0.15) is 0 Å². The summed E-state index contributed by atoms with van der Waals surface area (Å²) in [6.07, 6.45) is 8.75. The van der Waals surface area contributed by atoms with Crippen molar-refractivity contribution in [3.8, 4) is 0 Å². The molecule has 3 heterocycles. The number of H-pyrrole nitrogens is 1. The van der Waals surface area contributed by atoms with Crippen LogP contribution in [-0.4, -0.2) is 43.6 Å². The van der Waals surface area contributed by atoms with Gasteiger partial charge < -0.3 is 9.47 Å². The fraction of sp³-hybridized carbons (Fsp3) is 0.500. The van der Waals surface area contributed by atoms with E-state index in [4.69, 9.17) is 0 Å². The highest BCUT2D eigenvalue weighted by molar-refractivity contribution is 5.76. The first-order valence-corrected chi connectivity index (χ1v) is 6.97. The number of nitrogens with zero attached hydrogens (tertiary/aromatic N) is 4. The molecule has 1 atom stereocenters. The molecular weight excluding hydrogens is 254 g/mol. The molecule has 1 aliphatic heterocycles. The van der Waals surface area contributed by atoms with E-state index >= 15 is 0 Å². The Labute approximate surface area is 117 Å². The summed E-state index contributed by atoms with van der Waals surface area (Å²) in [6.45, 7) is 4.39. The molecule has 2 aromatic rings. The van der Waals surface area contributed by atoms with E-state index in [1.54, 1.807) is 12.5 Å². The average molecular weight is 273 g/mol. The van der Waals surface area contributed by atoms with Crippen molar-refractivity contribution in [3.63, 3.8) is 0 Å². The summed E-state index contributed by atoms with van der Waals surface area (Å²) in [4.78, 5) is 18.1. The van der Waals surface area contributed by atoms with Crippen LogP contribution in [-0.2, 0) is 11.3 Å². The second kappa shape index (κ2) is 5.48. The van der Waals surface area contributed by atoms with E-state index in [2.05, 4.69) is 22.1 Å². The quantitative estimate of drug-likeness (QED) is 0.913. The lowest BCUT2D eigenvalue weighted by Crippen LogP contribution is -2.29. The molecule has 1 fully saturated rings. The number of nitrogens with one attached hydrogen (secondary N) is 1. The molecule has 3 rings (SSSR count). The van der Waals surface area contributed by atoms with Crippen molar-refractivity contribution in [2.24, 2.45) is 0 Å². The molecule has 1 amide bonds. The Hall–Kier alpha value is -2.11. The van der Waals surface area contributed by atoms with E-state index in [1.807, 2.05) is 21.9 Å². The van der Waals surface area contributed by atoms with E-state index < -0.39 is 0 Å². The van der Waals surface area contributed by atoms with Gasteiger partial charge in [0.25, 0.3) is 0 Å². The fourth-order valence-corrected chi connectivity index (χ4v) is 2.79. The number of hydrogen-bond donors (Lipinski definition) is 1. The smallest absolute Gasteiger partial charge is 0.224 e. The van der Waals surface area contributed by atoms with Crippen LogP contribution in [0.15, 0.2) is 24.9 Å². The molecule has 106 valence electrons. The van der Waals surface area contributed by atoms with E-state index in [9.17, 15) is 4.79 Å². The standard InChI is InChI=1S/C14H19N5O/c1-11-8-16-17-14(11)12-2-6-19(9-12)13(20)3-5-18-7-4-15-10-18/h4,7-8,10,12H,2-3,5-6,9H2,1H3,(H,16,17). The summed E-state index contributed by atoms with van der Waals surface area (Å²) in [5, 5.41) is 7.13. The van der Waals surface area contributed by atoms with Crippen molar-refractivity contribution in [3.05, 3.63) is 36.2 Å². The number of aromatic amines is 1. The summed E-state index contributed by atoms with van der Waals surface area (Å²) in [5.74, 6) is 0.619. The van der Waals surface area contributed by atoms with Gasteiger partial charge in [0.2, 0.25) is 5.91 Å².